The summed E-state index contributed by atoms with van der Waals surface area (Å²) in [6, 6.07) is -0.640. The summed E-state index contributed by atoms with van der Waals surface area (Å²) in [5.41, 5.74) is 0. The summed E-state index contributed by atoms with van der Waals surface area (Å²) in [7, 11) is 0. The van der Waals surface area contributed by atoms with Crippen LogP contribution in [0.1, 0.15) is 220 Å². The lowest BCUT2D eigenvalue weighted by molar-refractivity contribution is -0.131. The monoisotopic (exact) mass is 603 g/mol. The van der Waals surface area contributed by atoms with E-state index in [9.17, 15) is 9.59 Å². The predicted molar refractivity (Wildman–Crippen MR) is 188 cm³/mol. The van der Waals surface area contributed by atoms with Gasteiger partial charge in [-0.3, -0.25) is 9.59 Å². The summed E-state index contributed by atoms with van der Waals surface area (Å²) >= 11 is 0. The second-order valence-corrected chi connectivity index (χ2v) is 13.6. The van der Waals surface area contributed by atoms with Crippen molar-refractivity contribution in [1.82, 2.24) is 4.90 Å². The molecule has 1 amide bonds. The molecule has 1 rings (SSSR count). The fourth-order valence-electron chi connectivity index (χ4n) is 6.70. The third-order valence-electron chi connectivity index (χ3n) is 9.54. The number of carbonyl (C=O) groups excluding carboxylic acids is 2. The fourth-order valence-corrected chi connectivity index (χ4v) is 6.70. The molecule has 1 aliphatic rings. The molecule has 0 saturated carbocycles. The number of ketones is 1. The first-order valence-corrected chi connectivity index (χ1v) is 19.6. The van der Waals surface area contributed by atoms with Gasteiger partial charge in [-0.1, -0.05) is 187 Å². The Morgan fingerprint density at radius 1 is 0.512 bits per heavy atom. The number of amides is 1. The van der Waals surface area contributed by atoms with Crippen molar-refractivity contribution in [1.29, 1.82) is 0 Å². The molecule has 1 heterocycles. The van der Waals surface area contributed by atoms with Crippen molar-refractivity contribution < 1.29 is 9.59 Å². The van der Waals surface area contributed by atoms with E-state index in [1.807, 2.05) is 11.8 Å². The van der Waals surface area contributed by atoms with Crippen molar-refractivity contribution in [3.05, 3.63) is 0 Å². The Kier molecular flexibility index (Phi) is 27.3. The molecular weight excluding hydrogens is 528 g/mol. The van der Waals surface area contributed by atoms with Crippen LogP contribution in [0.2, 0.25) is 0 Å². The van der Waals surface area contributed by atoms with Gasteiger partial charge in [-0.2, -0.15) is 4.99 Å². The summed E-state index contributed by atoms with van der Waals surface area (Å²) in [4.78, 5) is 32.0. The second-order valence-electron chi connectivity index (χ2n) is 13.6. The number of rotatable bonds is 33. The molecule has 0 N–H and O–H groups in total. The van der Waals surface area contributed by atoms with Crippen molar-refractivity contribution in [3.63, 3.8) is 0 Å². The van der Waals surface area contributed by atoms with Crippen LogP contribution in [0, 0.1) is 0 Å². The molecule has 1 unspecified atom stereocenters. The van der Waals surface area contributed by atoms with E-state index in [0.29, 0.717) is 13.0 Å². The Balaban J connectivity index is 2.02. The number of carbonyl (C=O) groups is 2. The van der Waals surface area contributed by atoms with E-state index in [1.165, 1.54) is 167 Å². The SMILES string of the molecule is CCCCCCCCCCCCCCCCCC(=O)C1C(=O)N=C(CCCCCCCCCCCCCCCC)N1CC. The molecule has 252 valence electrons. The molecule has 0 spiro atoms. The van der Waals surface area contributed by atoms with Gasteiger partial charge in [0.15, 0.2) is 11.8 Å². The van der Waals surface area contributed by atoms with E-state index in [0.717, 1.165) is 31.5 Å². The molecule has 0 bridgehead atoms. The van der Waals surface area contributed by atoms with E-state index >= 15 is 0 Å². The van der Waals surface area contributed by atoms with Gasteiger partial charge in [0.25, 0.3) is 5.91 Å². The number of aliphatic imine (C=N–C) groups is 1. The van der Waals surface area contributed by atoms with E-state index in [2.05, 4.69) is 18.8 Å². The zero-order valence-electron chi connectivity index (χ0n) is 29.4. The number of hydrogen-bond donors (Lipinski definition) is 0. The lowest BCUT2D eigenvalue weighted by atomic mass is 10.0. The van der Waals surface area contributed by atoms with Crippen LogP contribution >= 0.6 is 0 Å². The van der Waals surface area contributed by atoms with Crippen molar-refractivity contribution in [2.45, 2.75) is 226 Å². The van der Waals surface area contributed by atoms with Gasteiger partial charge < -0.3 is 4.90 Å². The van der Waals surface area contributed by atoms with Crippen LogP contribution < -0.4 is 0 Å². The molecule has 0 fully saturated rings. The summed E-state index contributed by atoms with van der Waals surface area (Å²) in [6.45, 7) is 7.31. The van der Waals surface area contributed by atoms with Crippen LogP contribution in [0.15, 0.2) is 4.99 Å². The Hall–Kier alpha value is -1.19. The fraction of sp³-hybridized carbons (Fsp3) is 0.923. The van der Waals surface area contributed by atoms with E-state index in [4.69, 9.17) is 0 Å². The highest BCUT2D eigenvalue weighted by molar-refractivity contribution is 6.15. The molecule has 0 radical (unpaired) electrons. The summed E-state index contributed by atoms with van der Waals surface area (Å²) in [5, 5.41) is 0. The van der Waals surface area contributed by atoms with Crippen molar-refractivity contribution in [2.24, 2.45) is 4.99 Å². The van der Waals surface area contributed by atoms with Crippen molar-refractivity contribution >= 4 is 17.5 Å². The average molecular weight is 603 g/mol. The van der Waals surface area contributed by atoms with Gasteiger partial charge in [-0.15, -0.1) is 0 Å². The van der Waals surface area contributed by atoms with Gasteiger partial charge in [-0.25, -0.2) is 0 Å². The highest BCUT2D eigenvalue weighted by atomic mass is 16.2. The molecule has 0 aromatic rings. The zero-order chi connectivity index (χ0) is 31.2. The molecule has 43 heavy (non-hydrogen) atoms. The van der Waals surface area contributed by atoms with E-state index < -0.39 is 6.04 Å². The number of likely N-dealkylation sites (N-methyl/N-ethyl adjacent to an activating group) is 1. The van der Waals surface area contributed by atoms with Gasteiger partial charge in [0.1, 0.15) is 5.84 Å². The number of nitrogens with zero attached hydrogens (tertiary/aromatic N) is 2. The number of hydrogen-bond acceptors (Lipinski definition) is 3. The number of Topliss-reactive ketones (excluding diaryl/α,β-unsaturated/α-hetero) is 1. The number of amidine groups is 1. The maximum absolute atomic E-state index is 13.0. The van der Waals surface area contributed by atoms with Gasteiger partial charge in [0.2, 0.25) is 0 Å². The van der Waals surface area contributed by atoms with Crippen LogP contribution in [0.3, 0.4) is 0 Å². The summed E-state index contributed by atoms with van der Waals surface area (Å²) in [5.74, 6) is 0.732. The third kappa shape index (κ3) is 21.2. The first-order chi connectivity index (χ1) is 21.2. The molecule has 4 heteroatoms. The standard InChI is InChI=1S/C39H74N2O2/c1-4-7-9-11-13-15-17-19-21-22-24-26-28-30-32-34-36(42)38-39(43)40-37(41(38)6-3)35-33-31-29-27-25-23-20-18-16-14-12-10-8-5-2/h38H,4-35H2,1-3H3. The molecule has 0 aromatic carbocycles. The van der Waals surface area contributed by atoms with E-state index in [1.54, 1.807) is 0 Å². The largest absolute Gasteiger partial charge is 0.342 e. The Labute approximate surface area is 269 Å². The van der Waals surface area contributed by atoms with E-state index in [-0.39, 0.29) is 11.7 Å². The van der Waals surface area contributed by atoms with Crippen LogP contribution in [0.5, 0.6) is 0 Å². The van der Waals surface area contributed by atoms with Gasteiger partial charge in [-0.05, 0) is 19.8 Å². The number of unbranched alkanes of at least 4 members (excludes halogenated alkanes) is 27. The molecule has 0 aliphatic carbocycles. The Morgan fingerprint density at radius 2 is 0.837 bits per heavy atom. The lowest BCUT2D eigenvalue weighted by Crippen LogP contribution is -2.43. The maximum Gasteiger partial charge on any atom is 0.277 e. The van der Waals surface area contributed by atoms with Crippen LogP contribution in [-0.4, -0.2) is 35.0 Å². The average Bonchev–Trinajstić information content (AvgIpc) is 3.33. The highest BCUT2D eigenvalue weighted by Gasteiger charge is 2.38. The first-order valence-electron chi connectivity index (χ1n) is 19.6. The van der Waals surface area contributed by atoms with Crippen LogP contribution in [0.25, 0.3) is 0 Å². The quantitative estimate of drug-likeness (QED) is 0.0554. The lowest BCUT2D eigenvalue weighted by Gasteiger charge is -2.24. The zero-order valence-corrected chi connectivity index (χ0v) is 29.4. The normalized spacial score (nSPS) is 15.0. The molecule has 0 aromatic heterocycles. The molecule has 0 saturated heterocycles. The molecular formula is C39H74N2O2. The van der Waals surface area contributed by atoms with Crippen molar-refractivity contribution in [3.8, 4) is 0 Å². The minimum atomic E-state index is -0.640. The third-order valence-corrected chi connectivity index (χ3v) is 9.54. The molecule has 4 nitrogen and oxygen atoms in total. The molecule has 1 atom stereocenters. The van der Waals surface area contributed by atoms with Crippen LogP contribution in [0.4, 0.5) is 0 Å². The summed E-state index contributed by atoms with van der Waals surface area (Å²) < 4.78 is 0. The highest BCUT2D eigenvalue weighted by Crippen LogP contribution is 2.21. The van der Waals surface area contributed by atoms with Crippen LogP contribution in [-0.2, 0) is 9.59 Å². The topological polar surface area (TPSA) is 49.7 Å². The second kappa shape index (κ2) is 29.5. The van der Waals surface area contributed by atoms with Gasteiger partial charge >= 0.3 is 0 Å². The van der Waals surface area contributed by atoms with Gasteiger partial charge in [0.05, 0.1) is 0 Å². The minimum Gasteiger partial charge on any atom is -0.342 e. The Morgan fingerprint density at radius 3 is 1.19 bits per heavy atom. The first kappa shape index (κ1) is 39.8. The predicted octanol–water partition coefficient (Wildman–Crippen LogP) is 12.3. The molecule has 1 aliphatic heterocycles. The Bertz CT molecular complexity index is 689. The maximum atomic E-state index is 13.0. The minimum absolute atomic E-state index is 0.0845. The summed E-state index contributed by atoms with van der Waals surface area (Å²) in [6.07, 6.45) is 40.0. The smallest absolute Gasteiger partial charge is 0.277 e. The van der Waals surface area contributed by atoms with Gasteiger partial charge in [0, 0.05) is 19.4 Å². The van der Waals surface area contributed by atoms with Crippen molar-refractivity contribution in [2.75, 3.05) is 6.54 Å².